The lowest BCUT2D eigenvalue weighted by molar-refractivity contribution is 0.389. The lowest BCUT2D eigenvalue weighted by Gasteiger charge is -2.21. The van der Waals surface area contributed by atoms with Crippen LogP contribution in [0.2, 0.25) is 5.15 Å². The molecule has 0 bridgehead atoms. The standard InChI is InChI=1S/C14H24ClN3/c1-11-13(14(15)18(2)17-11)10-16-12-8-6-4-3-5-7-9-12/h12,16H,3-10H2,1-2H3. The van der Waals surface area contributed by atoms with Crippen LogP contribution in [0.3, 0.4) is 0 Å². The topological polar surface area (TPSA) is 29.9 Å². The smallest absolute Gasteiger partial charge is 0.131 e. The predicted molar refractivity (Wildman–Crippen MR) is 75.9 cm³/mol. The van der Waals surface area contributed by atoms with Gasteiger partial charge in [0, 0.05) is 25.2 Å². The summed E-state index contributed by atoms with van der Waals surface area (Å²) in [4.78, 5) is 0. The van der Waals surface area contributed by atoms with Gasteiger partial charge in [-0.25, -0.2) is 0 Å². The van der Waals surface area contributed by atoms with Gasteiger partial charge in [-0.05, 0) is 19.8 Å². The van der Waals surface area contributed by atoms with Crippen LogP contribution in [-0.4, -0.2) is 15.8 Å². The normalized spacial score (nSPS) is 18.6. The van der Waals surface area contributed by atoms with Crippen LogP contribution in [0.4, 0.5) is 0 Å². The largest absolute Gasteiger partial charge is 0.310 e. The number of nitrogens with one attached hydrogen (secondary N) is 1. The highest BCUT2D eigenvalue weighted by Gasteiger charge is 2.14. The summed E-state index contributed by atoms with van der Waals surface area (Å²) in [6.45, 7) is 2.88. The molecule has 0 radical (unpaired) electrons. The minimum absolute atomic E-state index is 0.654. The van der Waals surface area contributed by atoms with Crippen molar-refractivity contribution in [2.24, 2.45) is 7.05 Å². The number of aromatic nitrogens is 2. The molecule has 0 aromatic carbocycles. The predicted octanol–water partition coefficient (Wildman–Crippen LogP) is 3.58. The fourth-order valence-corrected chi connectivity index (χ4v) is 3.02. The number of aryl methyl sites for hydroxylation is 2. The molecule has 1 heterocycles. The van der Waals surface area contributed by atoms with E-state index in [4.69, 9.17) is 11.6 Å². The van der Waals surface area contributed by atoms with E-state index in [1.807, 2.05) is 14.0 Å². The molecule has 1 saturated carbocycles. The van der Waals surface area contributed by atoms with Crippen molar-refractivity contribution >= 4 is 11.6 Å². The first kappa shape index (κ1) is 13.9. The number of nitrogens with zero attached hydrogens (tertiary/aromatic N) is 2. The van der Waals surface area contributed by atoms with E-state index in [2.05, 4.69) is 10.4 Å². The van der Waals surface area contributed by atoms with E-state index >= 15 is 0 Å². The SMILES string of the molecule is Cc1nn(C)c(Cl)c1CNC1CCCCCCC1. The van der Waals surface area contributed by atoms with Crippen molar-refractivity contribution in [1.82, 2.24) is 15.1 Å². The average Bonchev–Trinajstić information content (AvgIpc) is 2.53. The zero-order chi connectivity index (χ0) is 13.0. The summed E-state index contributed by atoms with van der Waals surface area (Å²) in [5.41, 5.74) is 2.20. The van der Waals surface area contributed by atoms with E-state index in [9.17, 15) is 0 Å². The van der Waals surface area contributed by atoms with Crippen LogP contribution in [0.15, 0.2) is 0 Å². The monoisotopic (exact) mass is 269 g/mol. The molecule has 4 heteroatoms. The molecule has 1 fully saturated rings. The van der Waals surface area contributed by atoms with Crippen molar-refractivity contribution in [3.63, 3.8) is 0 Å². The molecule has 18 heavy (non-hydrogen) atoms. The van der Waals surface area contributed by atoms with E-state index in [-0.39, 0.29) is 0 Å². The first-order valence-corrected chi connectivity index (χ1v) is 7.47. The number of hydrogen-bond donors (Lipinski definition) is 1. The fourth-order valence-electron chi connectivity index (χ4n) is 2.78. The summed E-state index contributed by atoms with van der Waals surface area (Å²) in [7, 11) is 1.90. The van der Waals surface area contributed by atoms with Crippen molar-refractivity contribution in [3.8, 4) is 0 Å². The van der Waals surface area contributed by atoms with Gasteiger partial charge in [-0.2, -0.15) is 5.10 Å². The van der Waals surface area contributed by atoms with Crippen LogP contribution in [0.5, 0.6) is 0 Å². The molecular weight excluding hydrogens is 246 g/mol. The Kier molecular flexibility index (Phi) is 5.07. The Hall–Kier alpha value is -0.540. The summed E-state index contributed by atoms with van der Waals surface area (Å²) in [5.74, 6) is 0. The molecule has 0 unspecified atom stereocenters. The fraction of sp³-hybridized carbons (Fsp3) is 0.786. The first-order chi connectivity index (χ1) is 8.68. The third-order valence-electron chi connectivity index (χ3n) is 3.94. The van der Waals surface area contributed by atoms with Gasteiger partial charge in [0.1, 0.15) is 5.15 Å². The van der Waals surface area contributed by atoms with Gasteiger partial charge >= 0.3 is 0 Å². The quantitative estimate of drug-likeness (QED) is 0.909. The van der Waals surface area contributed by atoms with Crippen molar-refractivity contribution in [2.45, 2.75) is 64.5 Å². The Balaban J connectivity index is 1.89. The summed E-state index contributed by atoms with van der Waals surface area (Å²) in [6.07, 6.45) is 9.53. The molecule has 2 rings (SSSR count). The third-order valence-corrected chi connectivity index (χ3v) is 4.42. The van der Waals surface area contributed by atoms with Gasteiger partial charge in [0.05, 0.1) is 5.69 Å². The van der Waals surface area contributed by atoms with E-state index in [0.717, 1.165) is 23.0 Å². The van der Waals surface area contributed by atoms with Gasteiger partial charge in [0.2, 0.25) is 0 Å². The number of rotatable bonds is 3. The summed E-state index contributed by atoms with van der Waals surface area (Å²) in [5, 5.41) is 8.78. The Morgan fingerprint density at radius 3 is 2.39 bits per heavy atom. The molecule has 1 aromatic rings. The molecule has 3 nitrogen and oxygen atoms in total. The third kappa shape index (κ3) is 3.48. The first-order valence-electron chi connectivity index (χ1n) is 7.10. The summed E-state index contributed by atoms with van der Waals surface area (Å²) in [6, 6.07) is 0.654. The zero-order valence-electron chi connectivity index (χ0n) is 11.5. The van der Waals surface area contributed by atoms with Crippen LogP contribution in [0.1, 0.15) is 56.2 Å². The van der Waals surface area contributed by atoms with Crippen LogP contribution in [0, 0.1) is 6.92 Å². The molecule has 1 aliphatic rings. The van der Waals surface area contributed by atoms with E-state index < -0.39 is 0 Å². The number of halogens is 1. The molecule has 1 aliphatic carbocycles. The molecular formula is C14H24ClN3. The van der Waals surface area contributed by atoms with Crippen LogP contribution < -0.4 is 5.32 Å². The maximum atomic E-state index is 6.25. The van der Waals surface area contributed by atoms with Crippen LogP contribution in [-0.2, 0) is 13.6 Å². The highest BCUT2D eigenvalue weighted by molar-refractivity contribution is 6.30. The lowest BCUT2D eigenvalue weighted by atomic mass is 9.96. The maximum absolute atomic E-state index is 6.25. The molecule has 0 amide bonds. The van der Waals surface area contributed by atoms with Crippen molar-refractivity contribution in [3.05, 3.63) is 16.4 Å². The average molecular weight is 270 g/mol. The summed E-state index contributed by atoms with van der Waals surface area (Å²) < 4.78 is 1.76. The second-order valence-electron chi connectivity index (χ2n) is 5.40. The molecule has 0 saturated heterocycles. The molecule has 1 N–H and O–H groups in total. The Labute approximate surface area is 115 Å². The van der Waals surface area contributed by atoms with Gasteiger partial charge in [-0.1, -0.05) is 43.7 Å². The van der Waals surface area contributed by atoms with E-state index in [0.29, 0.717) is 6.04 Å². The molecule has 0 spiro atoms. The lowest BCUT2D eigenvalue weighted by Crippen LogP contribution is -2.29. The van der Waals surface area contributed by atoms with Gasteiger partial charge in [-0.3, -0.25) is 4.68 Å². The van der Waals surface area contributed by atoms with Gasteiger partial charge in [0.25, 0.3) is 0 Å². The minimum Gasteiger partial charge on any atom is -0.310 e. The molecule has 0 aliphatic heterocycles. The molecule has 102 valence electrons. The van der Waals surface area contributed by atoms with Gasteiger partial charge < -0.3 is 5.32 Å². The van der Waals surface area contributed by atoms with Gasteiger partial charge in [-0.15, -0.1) is 0 Å². The second-order valence-corrected chi connectivity index (χ2v) is 5.76. The Morgan fingerprint density at radius 2 is 1.83 bits per heavy atom. The summed E-state index contributed by atoms with van der Waals surface area (Å²) >= 11 is 6.25. The van der Waals surface area contributed by atoms with Crippen molar-refractivity contribution in [1.29, 1.82) is 0 Å². The number of hydrogen-bond acceptors (Lipinski definition) is 2. The van der Waals surface area contributed by atoms with Gasteiger partial charge in [0.15, 0.2) is 0 Å². The second kappa shape index (κ2) is 6.58. The van der Waals surface area contributed by atoms with Crippen LogP contribution in [0.25, 0.3) is 0 Å². The molecule has 1 aromatic heterocycles. The highest BCUT2D eigenvalue weighted by atomic mass is 35.5. The Morgan fingerprint density at radius 1 is 1.22 bits per heavy atom. The van der Waals surface area contributed by atoms with Crippen molar-refractivity contribution < 1.29 is 0 Å². The molecule has 0 atom stereocenters. The maximum Gasteiger partial charge on any atom is 0.131 e. The highest BCUT2D eigenvalue weighted by Crippen LogP contribution is 2.21. The van der Waals surface area contributed by atoms with Crippen LogP contribution >= 0.6 is 11.6 Å². The minimum atomic E-state index is 0.654. The van der Waals surface area contributed by atoms with E-state index in [1.165, 1.54) is 44.9 Å². The Bertz CT molecular complexity index is 379. The van der Waals surface area contributed by atoms with Crippen molar-refractivity contribution in [2.75, 3.05) is 0 Å². The zero-order valence-corrected chi connectivity index (χ0v) is 12.3. The van der Waals surface area contributed by atoms with E-state index in [1.54, 1.807) is 4.68 Å².